The van der Waals surface area contributed by atoms with Gasteiger partial charge in [0.25, 0.3) is 0 Å². The van der Waals surface area contributed by atoms with Crippen molar-refractivity contribution in [3.63, 3.8) is 0 Å². The van der Waals surface area contributed by atoms with Gasteiger partial charge >= 0.3 is 0 Å². The first-order valence-electron chi connectivity index (χ1n) is 17.3. The number of hydrogen-bond donors (Lipinski definition) is 1. The van der Waals surface area contributed by atoms with Crippen LogP contribution in [0.4, 0.5) is 0 Å². The van der Waals surface area contributed by atoms with Crippen LogP contribution in [0, 0.1) is 16.7 Å². The van der Waals surface area contributed by atoms with Crippen LogP contribution in [-0.4, -0.2) is 97.0 Å². The van der Waals surface area contributed by atoms with Crippen molar-refractivity contribution in [1.82, 2.24) is 20.0 Å². The standard InChI is InChI=1S/C13H24N2O.C13H25NO.C6H5Cl.C5H9NO2/c1-13(2,3)15-9-6-11(10-15)12(16)14-7-4-5-8-14;1-12(2,3)11(15)14-10-6-8-13(4,5)9-7-10;7-6-4-2-1-3-5-6;7-5-6-1-3-8-4-2-6/h11H,4-10H2,1-3H3;10H,6-9H2,1-5H3,(H,14,15);1-5H;5H,1-4H2. The number of carbonyl (C=O) groups excluding carboxylic acids is 3. The van der Waals surface area contributed by atoms with E-state index in [-0.39, 0.29) is 22.8 Å². The summed E-state index contributed by atoms with van der Waals surface area (Å²) in [6.45, 7) is 24.1. The average molecular weight is 663 g/mol. The Morgan fingerprint density at radius 3 is 1.87 bits per heavy atom. The SMILES string of the molecule is CC(C)(C)N1CCC(C(=O)N2CCCC2)C1.CC1(C)CCC(NC(=O)C(C)(C)C)CC1.Clc1ccccc1.O=CN1CCOCC1. The quantitative estimate of drug-likeness (QED) is 0.366. The number of nitrogens with zero attached hydrogens (tertiary/aromatic N) is 3. The second kappa shape index (κ2) is 19.0. The molecule has 0 aromatic heterocycles. The lowest BCUT2D eigenvalue weighted by atomic mass is 9.75. The zero-order valence-electron chi connectivity index (χ0n) is 30.1. The highest BCUT2D eigenvalue weighted by molar-refractivity contribution is 6.30. The van der Waals surface area contributed by atoms with E-state index in [4.69, 9.17) is 16.3 Å². The average Bonchev–Trinajstić information content (AvgIpc) is 3.73. The largest absolute Gasteiger partial charge is 0.378 e. The van der Waals surface area contributed by atoms with Gasteiger partial charge in [-0.25, -0.2) is 0 Å². The van der Waals surface area contributed by atoms with Crippen LogP contribution in [0.1, 0.15) is 100 Å². The topological polar surface area (TPSA) is 82.2 Å². The van der Waals surface area contributed by atoms with Gasteiger partial charge in [0.15, 0.2) is 0 Å². The lowest BCUT2D eigenvalue weighted by Crippen LogP contribution is -2.44. The Labute approximate surface area is 284 Å². The van der Waals surface area contributed by atoms with Crippen molar-refractivity contribution in [2.75, 3.05) is 52.5 Å². The first-order valence-corrected chi connectivity index (χ1v) is 17.7. The number of likely N-dealkylation sites (tertiary alicyclic amines) is 2. The van der Waals surface area contributed by atoms with Gasteiger partial charge in [0.05, 0.1) is 19.1 Å². The van der Waals surface area contributed by atoms with Crippen LogP contribution in [0.3, 0.4) is 0 Å². The molecule has 4 fully saturated rings. The second-order valence-corrected chi connectivity index (χ2v) is 16.3. The molecule has 46 heavy (non-hydrogen) atoms. The molecular formula is C37H63ClN4O4. The van der Waals surface area contributed by atoms with Crippen molar-refractivity contribution in [1.29, 1.82) is 0 Å². The van der Waals surface area contributed by atoms with Crippen molar-refractivity contribution in [3.8, 4) is 0 Å². The van der Waals surface area contributed by atoms with Crippen LogP contribution in [0.2, 0.25) is 5.02 Å². The number of benzene rings is 1. The maximum Gasteiger partial charge on any atom is 0.227 e. The first kappa shape index (κ1) is 40.0. The van der Waals surface area contributed by atoms with Gasteiger partial charge in [0.2, 0.25) is 18.2 Å². The second-order valence-electron chi connectivity index (χ2n) is 15.8. The molecule has 3 aliphatic heterocycles. The van der Waals surface area contributed by atoms with Gasteiger partial charge in [0.1, 0.15) is 0 Å². The number of morpholine rings is 1. The van der Waals surface area contributed by atoms with Gasteiger partial charge in [-0.3, -0.25) is 19.3 Å². The van der Waals surface area contributed by atoms with E-state index < -0.39 is 0 Å². The number of nitrogens with one attached hydrogen (secondary N) is 1. The fourth-order valence-electron chi connectivity index (χ4n) is 5.81. The van der Waals surface area contributed by atoms with Crippen molar-refractivity contribution >= 4 is 29.8 Å². The van der Waals surface area contributed by atoms with E-state index in [0.29, 0.717) is 30.6 Å². The van der Waals surface area contributed by atoms with Crippen LogP contribution >= 0.6 is 11.6 Å². The summed E-state index contributed by atoms with van der Waals surface area (Å²) in [6.07, 6.45) is 9.02. The summed E-state index contributed by atoms with van der Waals surface area (Å²) in [5.74, 6) is 0.855. The van der Waals surface area contributed by atoms with Gasteiger partial charge in [-0.2, -0.15) is 0 Å². The third-order valence-corrected chi connectivity index (χ3v) is 9.44. The summed E-state index contributed by atoms with van der Waals surface area (Å²) in [5.41, 5.74) is 0.427. The van der Waals surface area contributed by atoms with Gasteiger partial charge in [-0.15, -0.1) is 0 Å². The fourth-order valence-corrected chi connectivity index (χ4v) is 5.96. The molecule has 0 bridgehead atoms. The number of halogens is 1. The lowest BCUT2D eigenvalue weighted by Gasteiger charge is -2.35. The minimum atomic E-state index is -0.257. The smallest absolute Gasteiger partial charge is 0.227 e. The molecule has 0 spiro atoms. The third-order valence-electron chi connectivity index (χ3n) is 9.19. The highest BCUT2D eigenvalue weighted by atomic mass is 35.5. The lowest BCUT2D eigenvalue weighted by molar-refractivity contribution is -0.134. The van der Waals surface area contributed by atoms with Gasteiger partial charge in [-0.05, 0) is 89.8 Å². The molecule has 8 nitrogen and oxygen atoms in total. The zero-order chi connectivity index (χ0) is 34.4. The number of ether oxygens (including phenoxy) is 1. The summed E-state index contributed by atoms with van der Waals surface area (Å²) in [6, 6.07) is 9.85. The minimum Gasteiger partial charge on any atom is -0.378 e. The van der Waals surface area contributed by atoms with Crippen LogP contribution in [-0.2, 0) is 19.1 Å². The summed E-state index contributed by atoms with van der Waals surface area (Å²) in [5, 5.41) is 3.95. The number of amides is 3. The molecule has 4 aliphatic rings. The Balaban J connectivity index is 0.000000226. The predicted molar refractivity (Wildman–Crippen MR) is 189 cm³/mol. The van der Waals surface area contributed by atoms with E-state index in [9.17, 15) is 14.4 Å². The van der Waals surface area contributed by atoms with E-state index in [1.807, 2.05) is 51.1 Å². The Kier molecular flexibility index (Phi) is 16.5. The summed E-state index contributed by atoms with van der Waals surface area (Å²) in [4.78, 5) is 40.2. The van der Waals surface area contributed by atoms with Gasteiger partial charge < -0.3 is 19.9 Å². The highest BCUT2D eigenvalue weighted by Gasteiger charge is 2.36. The van der Waals surface area contributed by atoms with Crippen LogP contribution in [0.5, 0.6) is 0 Å². The maximum atomic E-state index is 12.2. The summed E-state index contributed by atoms with van der Waals surface area (Å²) >= 11 is 5.54. The van der Waals surface area contributed by atoms with E-state index in [1.165, 1.54) is 25.7 Å². The fraction of sp³-hybridized carbons (Fsp3) is 0.757. The van der Waals surface area contributed by atoms with Gasteiger partial charge in [0, 0.05) is 54.7 Å². The Bertz CT molecular complexity index is 1030. The maximum absolute atomic E-state index is 12.2. The molecule has 0 radical (unpaired) electrons. The van der Waals surface area contributed by atoms with Crippen molar-refractivity contribution in [2.24, 2.45) is 16.7 Å². The molecule has 3 saturated heterocycles. The molecule has 5 rings (SSSR count). The predicted octanol–water partition coefficient (Wildman–Crippen LogP) is 6.66. The van der Waals surface area contributed by atoms with E-state index in [1.54, 1.807) is 4.90 Å². The monoisotopic (exact) mass is 662 g/mol. The van der Waals surface area contributed by atoms with Crippen LogP contribution < -0.4 is 5.32 Å². The zero-order valence-corrected chi connectivity index (χ0v) is 30.8. The first-order chi connectivity index (χ1) is 21.5. The molecule has 1 N–H and O–H groups in total. The molecule has 9 heteroatoms. The van der Waals surface area contributed by atoms with Crippen LogP contribution in [0.25, 0.3) is 0 Å². The van der Waals surface area contributed by atoms with E-state index in [2.05, 4.69) is 49.7 Å². The van der Waals surface area contributed by atoms with E-state index in [0.717, 1.165) is 70.0 Å². The molecule has 1 aromatic carbocycles. The molecular weight excluding hydrogens is 600 g/mol. The highest BCUT2D eigenvalue weighted by Crippen LogP contribution is 2.35. The number of carbonyl (C=O) groups is 3. The minimum absolute atomic E-state index is 0.187. The Hall–Kier alpha value is -2.16. The molecule has 1 aromatic rings. The number of hydrogen-bond acceptors (Lipinski definition) is 5. The molecule has 1 atom stereocenters. The van der Waals surface area contributed by atoms with Crippen molar-refractivity contribution in [2.45, 2.75) is 112 Å². The molecule has 3 amide bonds. The molecule has 1 saturated carbocycles. The normalized spacial score (nSPS) is 21.9. The molecule has 1 unspecified atom stereocenters. The van der Waals surface area contributed by atoms with Crippen molar-refractivity contribution < 1.29 is 19.1 Å². The van der Waals surface area contributed by atoms with E-state index >= 15 is 0 Å². The Morgan fingerprint density at radius 2 is 1.46 bits per heavy atom. The number of rotatable bonds is 3. The summed E-state index contributed by atoms with van der Waals surface area (Å²) in [7, 11) is 0. The molecule has 3 heterocycles. The third kappa shape index (κ3) is 15.2. The molecule has 262 valence electrons. The molecule has 1 aliphatic carbocycles. The van der Waals surface area contributed by atoms with Gasteiger partial charge in [-0.1, -0.05) is 64.4 Å². The van der Waals surface area contributed by atoms with Crippen LogP contribution in [0.15, 0.2) is 30.3 Å². The van der Waals surface area contributed by atoms with Crippen molar-refractivity contribution in [3.05, 3.63) is 35.4 Å². The summed E-state index contributed by atoms with van der Waals surface area (Å²) < 4.78 is 5.00. The Morgan fingerprint density at radius 1 is 0.891 bits per heavy atom.